The second kappa shape index (κ2) is 12.4. The number of ether oxygens (including phenoxy) is 1. The minimum atomic E-state index is 0.234. The molecule has 1 heterocycles. The molecule has 1 aliphatic rings. The van der Waals surface area contributed by atoms with E-state index in [0.717, 1.165) is 31.9 Å². The molecular weight excluding hydrogens is 352 g/mol. The molecule has 1 aliphatic heterocycles. The molecule has 1 fully saturated rings. The molecule has 0 aromatic heterocycles. The van der Waals surface area contributed by atoms with Gasteiger partial charge in [0.25, 0.3) is 0 Å². The van der Waals surface area contributed by atoms with Crippen LogP contribution in [0.5, 0.6) is 0 Å². The van der Waals surface area contributed by atoms with Gasteiger partial charge < -0.3 is 20.3 Å². The van der Waals surface area contributed by atoms with E-state index in [1.165, 1.54) is 12.0 Å². The maximum Gasteiger partial charge on any atom is 0.224 e. The van der Waals surface area contributed by atoms with Crippen LogP contribution in [0, 0.1) is 5.92 Å². The second-order valence-electron chi connectivity index (χ2n) is 7.67. The number of nitrogens with one attached hydrogen (secondary N) is 2. The normalized spacial score (nSPS) is 18.6. The van der Waals surface area contributed by atoms with Gasteiger partial charge in [-0.3, -0.25) is 9.79 Å². The van der Waals surface area contributed by atoms with Crippen LogP contribution in [0.2, 0.25) is 0 Å². The average Bonchev–Trinajstić information content (AvgIpc) is 2.71. The number of amides is 1. The summed E-state index contributed by atoms with van der Waals surface area (Å²) in [5, 5.41) is 6.56. The predicted octanol–water partition coefficient (Wildman–Crippen LogP) is 2.80. The van der Waals surface area contributed by atoms with Gasteiger partial charge in [-0.25, -0.2) is 0 Å². The molecule has 156 valence electrons. The first-order chi connectivity index (χ1) is 13.6. The van der Waals surface area contributed by atoms with Gasteiger partial charge in [0.05, 0.1) is 13.2 Å². The molecule has 0 radical (unpaired) electrons. The van der Waals surface area contributed by atoms with Crippen LogP contribution in [0.4, 0.5) is 0 Å². The van der Waals surface area contributed by atoms with Crippen LogP contribution < -0.4 is 10.6 Å². The summed E-state index contributed by atoms with van der Waals surface area (Å²) in [7, 11) is 1.75. The van der Waals surface area contributed by atoms with Crippen LogP contribution in [0.15, 0.2) is 35.3 Å². The van der Waals surface area contributed by atoms with Gasteiger partial charge in [-0.05, 0) is 37.7 Å². The fourth-order valence-corrected chi connectivity index (χ4v) is 3.40. The van der Waals surface area contributed by atoms with Crippen molar-refractivity contribution in [3.63, 3.8) is 0 Å². The number of aliphatic imine (C=N–C) groups is 1. The molecule has 2 unspecified atom stereocenters. The Kier molecular flexibility index (Phi) is 9.83. The van der Waals surface area contributed by atoms with Gasteiger partial charge in [0.2, 0.25) is 5.91 Å². The minimum Gasteiger partial charge on any atom is -0.376 e. The predicted molar refractivity (Wildman–Crippen MR) is 114 cm³/mol. The molecule has 2 N–H and O–H groups in total. The van der Waals surface area contributed by atoms with Crippen molar-refractivity contribution in [1.29, 1.82) is 0 Å². The van der Waals surface area contributed by atoms with E-state index in [4.69, 9.17) is 4.74 Å². The highest BCUT2D eigenvalue weighted by Gasteiger charge is 2.22. The highest BCUT2D eigenvalue weighted by molar-refractivity contribution is 5.81. The molecule has 28 heavy (non-hydrogen) atoms. The molecule has 0 bridgehead atoms. The fraction of sp³-hybridized carbons (Fsp3) is 0.636. The van der Waals surface area contributed by atoms with Crippen LogP contribution in [-0.2, 0) is 16.1 Å². The van der Waals surface area contributed by atoms with Gasteiger partial charge in [0.1, 0.15) is 0 Å². The summed E-state index contributed by atoms with van der Waals surface area (Å²) < 4.78 is 5.79. The Balaban J connectivity index is 1.59. The van der Waals surface area contributed by atoms with Crippen LogP contribution in [0.1, 0.15) is 45.1 Å². The second-order valence-corrected chi connectivity index (χ2v) is 7.67. The molecule has 6 nitrogen and oxygen atoms in total. The summed E-state index contributed by atoms with van der Waals surface area (Å²) in [6.07, 6.45) is 3.97. The van der Waals surface area contributed by atoms with Gasteiger partial charge in [-0.15, -0.1) is 0 Å². The summed E-state index contributed by atoms with van der Waals surface area (Å²) in [5.74, 6) is 1.32. The lowest BCUT2D eigenvalue weighted by molar-refractivity contribution is -0.134. The standard InChI is InChI=1S/C22H36N4O2/c1-18(16-28-17-20-10-5-4-6-11-20)15-25-22(23-3)24-13-12-21(27)26-14-8-7-9-19(26)2/h4-6,10-11,18-19H,7-9,12-17H2,1-3H3,(H2,23,24,25). The topological polar surface area (TPSA) is 66.0 Å². The lowest BCUT2D eigenvalue weighted by Crippen LogP contribution is -2.45. The summed E-state index contributed by atoms with van der Waals surface area (Å²) in [6, 6.07) is 10.6. The lowest BCUT2D eigenvalue weighted by Gasteiger charge is -2.33. The summed E-state index contributed by atoms with van der Waals surface area (Å²) in [4.78, 5) is 18.7. The number of nitrogens with zero attached hydrogens (tertiary/aromatic N) is 2. The van der Waals surface area contributed by atoms with Crippen molar-refractivity contribution >= 4 is 11.9 Å². The zero-order valence-corrected chi connectivity index (χ0v) is 17.6. The van der Waals surface area contributed by atoms with Crippen molar-refractivity contribution in [3.8, 4) is 0 Å². The monoisotopic (exact) mass is 388 g/mol. The van der Waals surface area contributed by atoms with Crippen LogP contribution in [0.25, 0.3) is 0 Å². The van der Waals surface area contributed by atoms with E-state index in [2.05, 4.69) is 41.6 Å². The Bertz CT molecular complexity index is 606. The van der Waals surface area contributed by atoms with E-state index in [-0.39, 0.29) is 5.91 Å². The van der Waals surface area contributed by atoms with Crippen molar-refractivity contribution < 1.29 is 9.53 Å². The molecule has 1 saturated heterocycles. The maximum atomic E-state index is 12.4. The number of carbonyl (C=O) groups excluding carboxylic acids is 1. The number of hydrogen-bond donors (Lipinski definition) is 2. The molecule has 1 aromatic rings. The molecule has 0 spiro atoms. The molecular formula is C22H36N4O2. The van der Waals surface area contributed by atoms with Gasteiger partial charge >= 0.3 is 0 Å². The van der Waals surface area contributed by atoms with Crippen molar-refractivity contribution in [2.75, 3.05) is 33.3 Å². The third kappa shape index (κ3) is 7.89. The Hall–Kier alpha value is -2.08. The largest absolute Gasteiger partial charge is 0.376 e. The average molecular weight is 389 g/mol. The number of guanidine groups is 1. The quantitative estimate of drug-likeness (QED) is 0.504. The Morgan fingerprint density at radius 3 is 2.79 bits per heavy atom. The van der Waals surface area contributed by atoms with E-state index in [1.54, 1.807) is 7.05 Å². The first-order valence-electron chi connectivity index (χ1n) is 10.5. The lowest BCUT2D eigenvalue weighted by atomic mass is 10.0. The highest BCUT2D eigenvalue weighted by Crippen LogP contribution is 2.16. The third-order valence-corrected chi connectivity index (χ3v) is 5.11. The van der Waals surface area contributed by atoms with E-state index in [0.29, 0.717) is 38.1 Å². The summed E-state index contributed by atoms with van der Waals surface area (Å²) in [6.45, 7) is 7.87. The zero-order valence-electron chi connectivity index (χ0n) is 17.6. The van der Waals surface area contributed by atoms with Crippen molar-refractivity contribution in [1.82, 2.24) is 15.5 Å². The van der Waals surface area contributed by atoms with Gasteiger partial charge in [0, 0.05) is 39.1 Å². The molecule has 6 heteroatoms. The maximum absolute atomic E-state index is 12.4. The van der Waals surface area contributed by atoms with Crippen LogP contribution in [0.3, 0.4) is 0 Å². The van der Waals surface area contributed by atoms with E-state index < -0.39 is 0 Å². The van der Waals surface area contributed by atoms with E-state index >= 15 is 0 Å². The fourth-order valence-electron chi connectivity index (χ4n) is 3.40. The van der Waals surface area contributed by atoms with Crippen molar-refractivity contribution in [2.45, 2.75) is 52.2 Å². The Morgan fingerprint density at radius 2 is 2.07 bits per heavy atom. The molecule has 2 rings (SSSR count). The van der Waals surface area contributed by atoms with Crippen LogP contribution >= 0.6 is 0 Å². The van der Waals surface area contributed by atoms with E-state index in [1.807, 2.05) is 23.1 Å². The van der Waals surface area contributed by atoms with Crippen LogP contribution in [-0.4, -0.2) is 56.1 Å². The number of benzene rings is 1. The molecule has 1 amide bonds. The number of likely N-dealkylation sites (tertiary alicyclic amines) is 1. The van der Waals surface area contributed by atoms with E-state index in [9.17, 15) is 4.79 Å². The number of carbonyl (C=O) groups is 1. The summed E-state index contributed by atoms with van der Waals surface area (Å²) >= 11 is 0. The molecule has 1 aromatic carbocycles. The zero-order chi connectivity index (χ0) is 20.2. The van der Waals surface area contributed by atoms with Crippen molar-refractivity contribution in [2.24, 2.45) is 10.9 Å². The summed E-state index contributed by atoms with van der Waals surface area (Å²) in [5.41, 5.74) is 1.19. The number of piperidine rings is 1. The Labute approximate surface area is 169 Å². The SMILES string of the molecule is CN=C(NCCC(=O)N1CCCCC1C)NCC(C)COCc1ccccc1. The minimum absolute atomic E-state index is 0.234. The first-order valence-corrected chi connectivity index (χ1v) is 10.5. The smallest absolute Gasteiger partial charge is 0.224 e. The number of hydrogen-bond acceptors (Lipinski definition) is 3. The highest BCUT2D eigenvalue weighted by atomic mass is 16.5. The number of rotatable bonds is 9. The third-order valence-electron chi connectivity index (χ3n) is 5.11. The first kappa shape index (κ1) is 22.2. The molecule has 0 saturated carbocycles. The van der Waals surface area contributed by atoms with Crippen molar-refractivity contribution in [3.05, 3.63) is 35.9 Å². The molecule has 2 atom stereocenters. The molecule has 0 aliphatic carbocycles. The van der Waals surface area contributed by atoms with Gasteiger partial charge in [-0.2, -0.15) is 0 Å². The van der Waals surface area contributed by atoms with Gasteiger partial charge in [-0.1, -0.05) is 37.3 Å². The van der Waals surface area contributed by atoms with Gasteiger partial charge in [0.15, 0.2) is 5.96 Å². The Morgan fingerprint density at radius 1 is 1.29 bits per heavy atom.